The highest BCUT2D eigenvalue weighted by atomic mass is 35.5. The number of likely N-dealkylation sites (tertiary alicyclic amines) is 1. The number of halogens is 2. The third kappa shape index (κ3) is 5.79. The first-order valence-electron chi connectivity index (χ1n) is 10.4. The van der Waals surface area contributed by atoms with Gasteiger partial charge >= 0.3 is 0 Å². The average Bonchev–Trinajstić information content (AvgIpc) is 3.31. The molecule has 2 aromatic heterocycles. The summed E-state index contributed by atoms with van der Waals surface area (Å²) in [4.78, 5) is 31.7. The van der Waals surface area contributed by atoms with Gasteiger partial charge in [-0.05, 0) is 36.6 Å². The van der Waals surface area contributed by atoms with E-state index >= 15 is 0 Å². The quantitative estimate of drug-likeness (QED) is 0.510. The minimum Gasteiger partial charge on any atom is -0.342 e. The van der Waals surface area contributed by atoms with Gasteiger partial charge in [0.25, 0.3) is 5.91 Å². The van der Waals surface area contributed by atoms with Crippen molar-refractivity contribution in [1.29, 1.82) is 0 Å². The molecule has 8 nitrogen and oxygen atoms in total. The van der Waals surface area contributed by atoms with E-state index in [1.165, 1.54) is 16.3 Å². The number of hydrazine groups is 1. The summed E-state index contributed by atoms with van der Waals surface area (Å²) < 4.78 is 0. The predicted molar refractivity (Wildman–Crippen MR) is 129 cm³/mol. The number of thiazole rings is 1. The maximum absolute atomic E-state index is 12.7. The Morgan fingerprint density at radius 1 is 1.15 bits per heavy atom. The number of nitrogens with zero attached hydrogens (tertiary/aromatic N) is 5. The van der Waals surface area contributed by atoms with Crippen LogP contribution in [0.3, 0.4) is 0 Å². The first-order valence-corrected chi connectivity index (χ1v) is 12.0. The van der Waals surface area contributed by atoms with Crippen LogP contribution in [0.4, 0.5) is 5.82 Å². The molecule has 0 atom stereocenters. The molecule has 1 aliphatic rings. The zero-order valence-electron chi connectivity index (χ0n) is 17.9. The van der Waals surface area contributed by atoms with E-state index in [0.717, 1.165) is 23.4 Å². The Kier molecular flexibility index (Phi) is 7.42. The van der Waals surface area contributed by atoms with Crippen LogP contribution in [-0.2, 0) is 11.2 Å². The SMILES string of the molecule is CN(NC(=O)c1csc(C2CCN(C(=O)Cc3ccccc3Cl)CC2)n1)c1ccc(Cl)nn1. The van der Waals surface area contributed by atoms with Crippen LogP contribution in [0.2, 0.25) is 10.2 Å². The molecule has 0 bridgehead atoms. The molecule has 4 rings (SSSR count). The number of carbonyl (C=O) groups is 2. The van der Waals surface area contributed by atoms with Crippen molar-refractivity contribution in [3.05, 3.63) is 68.2 Å². The molecule has 0 radical (unpaired) electrons. The summed E-state index contributed by atoms with van der Waals surface area (Å²) in [5.41, 5.74) is 3.92. The van der Waals surface area contributed by atoms with Crippen molar-refractivity contribution in [1.82, 2.24) is 25.5 Å². The molecule has 0 spiro atoms. The van der Waals surface area contributed by atoms with Gasteiger partial charge in [0, 0.05) is 36.5 Å². The average molecular weight is 505 g/mol. The maximum Gasteiger partial charge on any atom is 0.289 e. The minimum absolute atomic E-state index is 0.0779. The molecule has 0 unspecified atom stereocenters. The van der Waals surface area contributed by atoms with Gasteiger partial charge in [0.2, 0.25) is 5.91 Å². The van der Waals surface area contributed by atoms with E-state index in [9.17, 15) is 9.59 Å². The Morgan fingerprint density at radius 3 is 2.61 bits per heavy atom. The van der Waals surface area contributed by atoms with E-state index in [-0.39, 0.29) is 22.9 Å². The second kappa shape index (κ2) is 10.5. The van der Waals surface area contributed by atoms with Crippen molar-refractivity contribution >= 4 is 52.2 Å². The van der Waals surface area contributed by atoms with Crippen LogP contribution in [0.1, 0.15) is 39.8 Å². The fourth-order valence-electron chi connectivity index (χ4n) is 3.63. The van der Waals surface area contributed by atoms with Crippen LogP contribution < -0.4 is 10.4 Å². The summed E-state index contributed by atoms with van der Waals surface area (Å²) in [7, 11) is 1.67. The molecular formula is C22H22Cl2N6O2S. The number of piperidine rings is 1. The Morgan fingerprint density at radius 2 is 1.91 bits per heavy atom. The lowest BCUT2D eigenvalue weighted by molar-refractivity contribution is -0.131. The van der Waals surface area contributed by atoms with Gasteiger partial charge in [0.15, 0.2) is 11.0 Å². The van der Waals surface area contributed by atoms with Gasteiger partial charge in [0.1, 0.15) is 5.69 Å². The van der Waals surface area contributed by atoms with Crippen LogP contribution in [-0.4, -0.2) is 52.0 Å². The van der Waals surface area contributed by atoms with Crippen molar-refractivity contribution in [2.75, 3.05) is 25.1 Å². The summed E-state index contributed by atoms with van der Waals surface area (Å²) in [5, 5.41) is 12.7. The van der Waals surface area contributed by atoms with Crippen molar-refractivity contribution in [2.45, 2.75) is 25.2 Å². The van der Waals surface area contributed by atoms with Crippen LogP contribution in [0.5, 0.6) is 0 Å². The van der Waals surface area contributed by atoms with E-state index < -0.39 is 0 Å². The molecule has 1 aliphatic heterocycles. The number of hydrogen-bond acceptors (Lipinski definition) is 7. The fourth-order valence-corrected chi connectivity index (χ4v) is 4.90. The zero-order valence-corrected chi connectivity index (χ0v) is 20.2. The van der Waals surface area contributed by atoms with E-state index in [0.29, 0.717) is 36.0 Å². The molecule has 3 aromatic rings. The van der Waals surface area contributed by atoms with Crippen LogP contribution in [0.15, 0.2) is 41.8 Å². The Hall–Kier alpha value is -2.75. The number of rotatable bonds is 6. The molecular weight excluding hydrogens is 483 g/mol. The number of nitrogens with one attached hydrogen (secondary N) is 1. The van der Waals surface area contributed by atoms with Crippen molar-refractivity contribution in [2.24, 2.45) is 0 Å². The molecule has 1 saturated heterocycles. The van der Waals surface area contributed by atoms with Gasteiger partial charge in [0.05, 0.1) is 11.4 Å². The maximum atomic E-state index is 12.7. The Balaban J connectivity index is 1.30. The van der Waals surface area contributed by atoms with E-state index in [2.05, 4.69) is 20.6 Å². The monoisotopic (exact) mass is 504 g/mol. The molecule has 1 fully saturated rings. The molecule has 0 saturated carbocycles. The number of hydrogen-bond donors (Lipinski definition) is 1. The molecule has 3 heterocycles. The minimum atomic E-state index is -0.330. The van der Waals surface area contributed by atoms with Gasteiger partial charge in [-0.25, -0.2) is 4.98 Å². The number of anilines is 1. The lowest BCUT2D eigenvalue weighted by Gasteiger charge is -2.31. The van der Waals surface area contributed by atoms with Gasteiger partial charge in [-0.3, -0.25) is 20.0 Å². The van der Waals surface area contributed by atoms with Gasteiger partial charge in [-0.2, -0.15) is 0 Å². The van der Waals surface area contributed by atoms with Gasteiger partial charge in [-0.1, -0.05) is 41.4 Å². The Bertz CT molecular complexity index is 1130. The lowest BCUT2D eigenvalue weighted by atomic mass is 9.97. The molecule has 1 aromatic carbocycles. The highest BCUT2D eigenvalue weighted by molar-refractivity contribution is 7.09. The highest BCUT2D eigenvalue weighted by Gasteiger charge is 2.27. The van der Waals surface area contributed by atoms with Gasteiger partial charge < -0.3 is 4.90 Å². The summed E-state index contributed by atoms with van der Waals surface area (Å²) >= 11 is 13.4. The second-order valence-corrected chi connectivity index (χ2v) is 9.39. The van der Waals surface area contributed by atoms with Crippen molar-refractivity contribution < 1.29 is 9.59 Å². The Labute approximate surface area is 205 Å². The van der Waals surface area contributed by atoms with E-state index in [4.69, 9.17) is 23.2 Å². The van der Waals surface area contributed by atoms with Gasteiger partial charge in [-0.15, -0.1) is 21.5 Å². The largest absolute Gasteiger partial charge is 0.342 e. The summed E-state index contributed by atoms with van der Waals surface area (Å²) in [6, 6.07) is 10.7. The number of benzene rings is 1. The fraction of sp³-hybridized carbons (Fsp3) is 0.318. The summed E-state index contributed by atoms with van der Waals surface area (Å²) in [5.74, 6) is 0.427. The third-order valence-corrected chi connectivity index (χ3v) is 7.06. The predicted octanol–water partition coefficient (Wildman–Crippen LogP) is 3.97. The number of aromatic nitrogens is 3. The molecule has 172 valence electrons. The summed E-state index contributed by atoms with van der Waals surface area (Å²) in [6.45, 7) is 1.32. The smallest absolute Gasteiger partial charge is 0.289 e. The number of amides is 2. The standard InChI is InChI=1S/C22H22Cl2N6O2S/c1-29(19-7-6-18(24)26-27-19)28-21(32)17-13-33-22(25-17)14-8-10-30(11-9-14)20(31)12-15-4-2-3-5-16(15)23/h2-7,13-14H,8-12H2,1H3,(H,28,32). The molecule has 1 N–H and O–H groups in total. The van der Waals surface area contributed by atoms with Crippen molar-refractivity contribution in [3.8, 4) is 0 Å². The van der Waals surface area contributed by atoms with E-state index in [1.54, 1.807) is 30.6 Å². The third-order valence-electron chi connectivity index (χ3n) is 5.48. The molecule has 33 heavy (non-hydrogen) atoms. The molecule has 2 amide bonds. The number of carbonyl (C=O) groups excluding carboxylic acids is 2. The molecule has 0 aliphatic carbocycles. The zero-order chi connectivity index (χ0) is 23.4. The second-order valence-electron chi connectivity index (χ2n) is 7.71. The topological polar surface area (TPSA) is 91.3 Å². The van der Waals surface area contributed by atoms with Crippen molar-refractivity contribution in [3.63, 3.8) is 0 Å². The first kappa shape index (κ1) is 23.4. The summed E-state index contributed by atoms with van der Waals surface area (Å²) in [6.07, 6.45) is 1.92. The van der Waals surface area contributed by atoms with Crippen LogP contribution in [0, 0.1) is 0 Å². The van der Waals surface area contributed by atoms with Crippen LogP contribution in [0.25, 0.3) is 0 Å². The van der Waals surface area contributed by atoms with Crippen LogP contribution >= 0.6 is 34.5 Å². The molecule has 11 heteroatoms. The first-order chi connectivity index (χ1) is 15.9. The highest BCUT2D eigenvalue weighted by Crippen LogP contribution is 2.31. The van der Waals surface area contributed by atoms with E-state index in [1.807, 2.05) is 23.1 Å². The lowest BCUT2D eigenvalue weighted by Crippen LogP contribution is -2.40. The normalized spacial score (nSPS) is 14.2.